The second kappa shape index (κ2) is 5.86. The standard InChI is InChI=1S/C10H19NO3/c1-8-7-11-10(13)14-6-2-3-9(8)4-5-12/h8-9,12H,2-7H2,1H3,(H,11,13). The number of nitrogens with one attached hydrogen (secondary N) is 1. The number of cyclic esters (lactones) is 1. The van der Waals surface area contributed by atoms with Crippen molar-refractivity contribution in [3.05, 3.63) is 0 Å². The number of amides is 1. The zero-order valence-corrected chi connectivity index (χ0v) is 8.66. The Bertz CT molecular complexity index is 184. The van der Waals surface area contributed by atoms with Crippen molar-refractivity contribution < 1.29 is 14.6 Å². The maximum Gasteiger partial charge on any atom is 0.407 e. The summed E-state index contributed by atoms with van der Waals surface area (Å²) >= 11 is 0. The van der Waals surface area contributed by atoms with Gasteiger partial charge < -0.3 is 15.2 Å². The van der Waals surface area contributed by atoms with Crippen molar-refractivity contribution in [1.29, 1.82) is 0 Å². The molecule has 2 atom stereocenters. The minimum Gasteiger partial charge on any atom is -0.450 e. The van der Waals surface area contributed by atoms with E-state index in [1.807, 2.05) is 0 Å². The molecule has 1 fully saturated rings. The van der Waals surface area contributed by atoms with Gasteiger partial charge >= 0.3 is 6.09 Å². The molecule has 0 aliphatic carbocycles. The van der Waals surface area contributed by atoms with Crippen molar-refractivity contribution in [2.24, 2.45) is 11.8 Å². The third kappa shape index (κ3) is 3.54. The first-order chi connectivity index (χ1) is 6.74. The first-order valence-corrected chi connectivity index (χ1v) is 5.25. The minimum atomic E-state index is -0.318. The maximum atomic E-state index is 11.0. The number of alkyl carbamates (subject to hydrolysis) is 1. The number of ether oxygens (including phenoxy) is 1. The summed E-state index contributed by atoms with van der Waals surface area (Å²) in [6.07, 6.45) is 2.41. The van der Waals surface area contributed by atoms with E-state index in [1.165, 1.54) is 0 Å². The number of carbonyl (C=O) groups excluding carboxylic acids is 1. The lowest BCUT2D eigenvalue weighted by atomic mass is 9.87. The van der Waals surface area contributed by atoms with Crippen molar-refractivity contribution in [3.63, 3.8) is 0 Å². The van der Waals surface area contributed by atoms with Gasteiger partial charge in [0.25, 0.3) is 0 Å². The zero-order chi connectivity index (χ0) is 10.4. The monoisotopic (exact) mass is 201 g/mol. The van der Waals surface area contributed by atoms with Gasteiger partial charge in [-0.2, -0.15) is 0 Å². The third-order valence-corrected chi connectivity index (χ3v) is 2.83. The SMILES string of the molecule is CC1CNC(=O)OCCCC1CCO. The molecule has 2 unspecified atom stereocenters. The first-order valence-electron chi connectivity index (χ1n) is 5.25. The lowest BCUT2D eigenvalue weighted by Gasteiger charge is -2.21. The van der Waals surface area contributed by atoms with Crippen molar-refractivity contribution in [1.82, 2.24) is 5.32 Å². The third-order valence-electron chi connectivity index (χ3n) is 2.83. The Labute approximate surface area is 84.6 Å². The van der Waals surface area contributed by atoms with E-state index < -0.39 is 0 Å². The van der Waals surface area contributed by atoms with E-state index in [0.717, 1.165) is 19.3 Å². The molecule has 0 aromatic carbocycles. The van der Waals surface area contributed by atoms with Crippen LogP contribution < -0.4 is 5.32 Å². The molecule has 0 aromatic heterocycles. The van der Waals surface area contributed by atoms with Crippen LogP contribution in [0.15, 0.2) is 0 Å². The molecule has 1 saturated heterocycles. The molecule has 0 aromatic rings. The lowest BCUT2D eigenvalue weighted by Crippen LogP contribution is -2.30. The van der Waals surface area contributed by atoms with Gasteiger partial charge in [0.2, 0.25) is 0 Å². The average molecular weight is 201 g/mol. The highest BCUT2D eigenvalue weighted by molar-refractivity contribution is 5.67. The van der Waals surface area contributed by atoms with E-state index in [-0.39, 0.29) is 12.7 Å². The fourth-order valence-corrected chi connectivity index (χ4v) is 1.85. The van der Waals surface area contributed by atoms with Gasteiger partial charge in [0.15, 0.2) is 0 Å². The van der Waals surface area contributed by atoms with Crippen LogP contribution >= 0.6 is 0 Å². The molecule has 1 rings (SSSR count). The Hall–Kier alpha value is -0.770. The largest absolute Gasteiger partial charge is 0.450 e. The van der Waals surface area contributed by atoms with Crippen molar-refractivity contribution in [3.8, 4) is 0 Å². The van der Waals surface area contributed by atoms with Crippen molar-refractivity contribution in [2.75, 3.05) is 19.8 Å². The molecule has 4 heteroatoms. The summed E-state index contributed by atoms with van der Waals surface area (Å²) in [5.41, 5.74) is 0. The maximum absolute atomic E-state index is 11.0. The van der Waals surface area contributed by atoms with Crippen LogP contribution in [-0.4, -0.2) is 31.0 Å². The van der Waals surface area contributed by atoms with Crippen LogP contribution in [0.1, 0.15) is 26.2 Å². The number of hydrogen-bond donors (Lipinski definition) is 2. The van der Waals surface area contributed by atoms with Gasteiger partial charge in [0.1, 0.15) is 0 Å². The number of aliphatic hydroxyl groups excluding tert-OH is 1. The normalized spacial score (nSPS) is 29.4. The molecule has 0 bridgehead atoms. The van der Waals surface area contributed by atoms with Crippen molar-refractivity contribution in [2.45, 2.75) is 26.2 Å². The van der Waals surface area contributed by atoms with Gasteiger partial charge in [-0.25, -0.2) is 4.79 Å². The summed E-state index contributed by atoms with van der Waals surface area (Å²) in [5, 5.41) is 11.6. The minimum absolute atomic E-state index is 0.226. The number of hydrogen-bond acceptors (Lipinski definition) is 3. The Morgan fingerprint density at radius 1 is 1.64 bits per heavy atom. The topological polar surface area (TPSA) is 58.6 Å². The summed E-state index contributed by atoms with van der Waals surface area (Å²) < 4.78 is 4.93. The zero-order valence-electron chi connectivity index (χ0n) is 8.66. The Kier molecular flexibility index (Phi) is 4.73. The molecule has 0 saturated carbocycles. The molecular weight excluding hydrogens is 182 g/mol. The Morgan fingerprint density at radius 2 is 2.43 bits per heavy atom. The van der Waals surface area contributed by atoms with Crippen LogP contribution in [0.5, 0.6) is 0 Å². The van der Waals surface area contributed by atoms with E-state index in [1.54, 1.807) is 0 Å². The van der Waals surface area contributed by atoms with Gasteiger partial charge in [-0.3, -0.25) is 0 Å². The Morgan fingerprint density at radius 3 is 3.14 bits per heavy atom. The average Bonchev–Trinajstić information content (AvgIpc) is 2.24. The predicted molar refractivity (Wildman–Crippen MR) is 52.9 cm³/mol. The van der Waals surface area contributed by atoms with Crippen LogP contribution in [0.25, 0.3) is 0 Å². The highest BCUT2D eigenvalue weighted by atomic mass is 16.5. The summed E-state index contributed by atoms with van der Waals surface area (Å²) in [6, 6.07) is 0. The highest BCUT2D eigenvalue weighted by Crippen LogP contribution is 2.21. The second-order valence-electron chi connectivity index (χ2n) is 3.91. The highest BCUT2D eigenvalue weighted by Gasteiger charge is 2.19. The van der Waals surface area contributed by atoms with E-state index in [4.69, 9.17) is 9.84 Å². The molecule has 82 valence electrons. The molecule has 1 aliphatic heterocycles. The fourth-order valence-electron chi connectivity index (χ4n) is 1.85. The molecule has 14 heavy (non-hydrogen) atoms. The van der Waals surface area contributed by atoms with Gasteiger partial charge in [0, 0.05) is 13.2 Å². The van der Waals surface area contributed by atoms with Gasteiger partial charge in [0.05, 0.1) is 6.61 Å². The molecule has 1 heterocycles. The number of rotatable bonds is 2. The van der Waals surface area contributed by atoms with Crippen LogP contribution in [0.3, 0.4) is 0 Å². The van der Waals surface area contributed by atoms with Crippen LogP contribution in [0.2, 0.25) is 0 Å². The van der Waals surface area contributed by atoms with E-state index in [9.17, 15) is 4.79 Å². The smallest absolute Gasteiger partial charge is 0.407 e. The van der Waals surface area contributed by atoms with Gasteiger partial charge in [-0.05, 0) is 31.1 Å². The molecule has 4 nitrogen and oxygen atoms in total. The molecule has 2 N–H and O–H groups in total. The molecule has 1 amide bonds. The van der Waals surface area contributed by atoms with E-state index in [0.29, 0.717) is 25.0 Å². The van der Waals surface area contributed by atoms with E-state index in [2.05, 4.69) is 12.2 Å². The van der Waals surface area contributed by atoms with Crippen LogP contribution in [0.4, 0.5) is 4.79 Å². The summed E-state index contributed by atoms with van der Waals surface area (Å²) in [6.45, 7) is 3.46. The van der Waals surface area contributed by atoms with Gasteiger partial charge in [-0.15, -0.1) is 0 Å². The number of aliphatic hydroxyl groups is 1. The van der Waals surface area contributed by atoms with Gasteiger partial charge in [-0.1, -0.05) is 6.92 Å². The quantitative estimate of drug-likeness (QED) is 0.704. The molecule has 1 aliphatic rings. The van der Waals surface area contributed by atoms with E-state index >= 15 is 0 Å². The summed E-state index contributed by atoms with van der Waals surface area (Å²) in [5.74, 6) is 0.898. The fraction of sp³-hybridized carbons (Fsp3) is 0.900. The summed E-state index contributed by atoms with van der Waals surface area (Å²) in [7, 11) is 0. The lowest BCUT2D eigenvalue weighted by molar-refractivity contribution is 0.145. The van der Waals surface area contributed by atoms with Crippen LogP contribution in [0, 0.1) is 11.8 Å². The van der Waals surface area contributed by atoms with Crippen LogP contribution in [-0.2, 0) is 4.74 Å². The molecule has 0 spiro atoms. The number of carbonyl (C=O) groups is 1. The summed E-state index contributed by atoms with van der Waals surface area (Å²) in [4.78, 5) is 11.0. The molecular formula is C10H19NO3. The predicted octanol–water partition coefficient (Wildman–Crippen LogP) is 1.14. The molecule has 0 radical (unpaired) electrons. The van der Waals surface area contributed by atoms with Crippen molar-refractivity contribution >= 4 is 6.09 Å². The second-order valence-corrected chi connectivity index (χ2v) is 3.91. The first kappa shape index (κ1) is 11.3. The Balaban J connectivity index is 2.45.